The van der Waals surface area contributed by atoms with E-state index in [-0.39, 0.29) is 30.8 Å². The fraction of sp³-hybridized carbons (Fsp3) is 0.423. The lowest BCUT2D eigenvalue weighted by Gasteiger charge is -2.18. The average molecular weight is 467 g/mol. The van der Waals surface area contributed by atoms with Crippen LogP contribution in [0.5, 0.6) is 0 Å². The van der Waals surface area contributed by atoms with E-state index in [2.05, 4.69) is 34.9 Å². The van der Waals surface area contributed by atoms with Crippen LogP contribution in [-0.4, -0.2) is 55.0 Å². The highest BCUT2D eigenvalue weighted by molar-refractivity contribution is 5.80. The van der Waals surface area contributed by atoms with E-state index in [1.165, 1.54) is 11.1 Å². The van der Waals surface area contributed by atoms with E-state index in [1.807, 2.05) is 31.2 Å². The summed E-state index contributed by atoms with van der Waals surface area (Å²) in [6.07, 6.45) is -0.142. The molecule has 1 fully saturated rings. The number of carboxylic acid groups (broad SMARTS) is 1. The van der Waals surface area contributed by atoms with Crippen molar-refractivity contribution in [3.63, 3.8) is 0 Å². The van der Waals surface area contributed by atoms with Gasteiger partial charge < -0.3 is 25.2 Å². The zero-order valence-corrected chi connectivity index (χ0v) is 19.2. The number of benzene rings is 2. The Morgan fingerprint density at radius 1 is 1.09 bits per heavy atom. The van der Waals surface area contributed by atoms with E-state index in [4.69, 9.17) is 14.6 Å². The molecule has 0 spiro atoms. The van der Waals surface area contributed by atoms with Gasteiger partial charge >= 0.3 is 12.1 Å². The number of alkyl carbamates (subject to hydrolysis) is 1. The van der Waals surface area contributed by atoms with Crippen LogP contribution < -0.4 is 10.6 Å². The lowest BCUT2D eigenvalue weighted by Crippen LogP contribution is -2.44. The first-order valence-corrected chi connectivity index (χ1v) is 11.7. The van der Waals surface area contributed by atoms with Crippen LogP contribution in [0.15, 0.2) is 48.5 Å². The van der Waals surface area contributed by atoms with Crippen LogP contribution >= 0.6 is 0 Å². The molecule has 8 nitrogen and oxygen atoms in total. The predicted octanol–water partition coefficient (Wildman–Crippen LogP) is 3.30. The first kappa shape index (κ1) is 23.8. The molecule has 3 atom stereocenters. The van der Waals surface area contributed by atoms with Crippen LogP contribution in [0.2, 0.25) is 0 Å². The van der Waals surface area contributed by atoms with Crippen molar-refractivity contribution >= 4 is 18.0 Å². The second-order valence-corrected chi connectivity index (χ2v) is 8.94. The molecule has 1 heterocycles. The average Bonchev–Trinajstić information content (AvgIpc) is 3.40. The van der Waals surface area contributed by atoms with Crippen LogP contribution in [0, 0.1) is 5.92 Å². The highest BCUT2D eigenvalue weighted by Gasteiger charge is 2.35. The topological polar surface area (TPSA) is 114 Å². The molecular formula is C26H30N2O6. The summed E-state index contributed by atoms with van der Waals surface area (Å²) in [4.78, 5) is 35.7. The molecule has 2 amide bonds. The summed E-state index contributed by atoms with van der Waals surface area (Å²) in [7, 11) is 0. The highest BCUT2D eigenvalue weighted by atomic mass is 16.5. The van der Waals surface area contributed by atoms with Gasteiger partial charge in [0.05, 0.1) is 6.04 Å². The predicted molar refractivity (Wildman–Crippen MR) is 125 cm³/mol. The summed E-state index contributed by atoms with van der Waals surface area (Å²) in [5.74, 6) is -1.26. The fourth-order valence-corrected chi connectivity index (χ4v) is 4.74. The van der Waals surface area contributed by atoms with E-state index in [1.54, 1.807) is 0 Å². The van der Waals surface area contributed by atoms with Gasteiger partial charge in [-0.2, -0.15) is 0 Å². The first-order valence-electron chi connectivity index (χ1n) is 11.7. The Morgan fingerprint density at radius 2 is 1.74 bits per heavy atom. The number of fused-ring (bicyclic) bond motifs is 3. The summed E-state index contributed by atoms with van der Waals surface area (Å²) in [6.45, 7) is 2.88. The van der Waals surface area contributed by atoms with E-state index in [0.29, 0.717) is 26.0 Å². The Kier molecular flexibility index (Phi) is 7.47. The normalized spacial score (nSPS) is 19.7. The maximum Gasteiger partial charge on any atom is 0.407 e. The third kappa shape index (κ3) is 5.39. The van der Waals surface area contributed by atoms with Gasteiger partial charge in [0.15, 0.2) is 6.10 Å². The molecule has 1 aliphatic carbocycles. The Morgan fingerprint density at radius 3 is 2.38 bits per heavy atom. The summed E-state index contributed by atoms with van der Waals surface area (Å²) < 4.78 is 10.7. The lowest BCUT2D eigenvalue weighted by molar-refractivity contribution is -0.148. The van der Waals surface area contributed by atoms with Crippen molar-refractivity contribution in [3.05, 3.63) is 59.7 Å². The van der Waals surface area contributed by atoms with Gasteiger partial charge in [0.25, 0.3) is 0 Å². The zero-order chi connectivity index (χ0) is 24.1. The third-order valence-electron chi connectivity index (χ3n) is 6.47. The number of rotatable bonds is 9. The van der Waals surface area contributed by atoms with Gasteiger partial charge in [0.2, 0.25) is 5.91 Å². The molecule has 2 aliphatic rings. The maximum absolute atomic E-state index is 12.3. The number of hydrogen-bond acceptors (Lipinski definition) is 5. The second kappa shape index (κ2) is 10.7. The van der Waals surface area contributed by atoms with Crippen molar-refractivity contribution in [2.45, 2.75) is 44.2 Å². The van der Waals surface area contributed by atoms with E-state index >= 15 is 0 Å². The Bertz CT molecular complexity index is 1010. The van der Waals surface area contributed by atoms with Gasteiger partial charge in [0.1, 0.15) is 6.61 Å². The summed E-state index contributed by atoms with van der Waals surface area (Å²) >= 11 is 0. The summed E-state index contributed by atoms with van der Waals surface area (Å²) in [5.41, 5.74) is 4.68. The van der Waals surface area contributed by atoms with E-state index in [0.717, 1.165) is 11.1 Å². The van der Waals surface area contributed by atoms with Crippen LogP contribution in [0.4, 0.5) is 4.79 Å². The van der Waals surface area contributed by atoms with Crippen molar-refractivity contribution in [1.29, 1.82) is 0 Å². The molecule has 34 heavy (non-hydrogen) atoms. The molecule has 1 unspecified atom stereocenters. The Hall–Kier alpha value is -3.39. The molecule has 2 aromatic rings. The van der Waals surface area contributed by atoms with Crippen LogP contribution in [0.1, 0.15) is 43.2 Å². The second-order valence-electron chi connectivity index (χ2n) is 8.94. The third-order valence-corrected chi connectivity index (χ3v) is 6.47. The molecule has 0 bridgehead atoms. The maximum atomic E-state index is 12.3. The van der Waals surface area contributed by atoms with Gasteiger partial charge in [-0.25, -0.2) is 9.59 Å². The fourth-order valence-electron chi connectivity index (χ4n) is 4.74. The molecule has 8 heteroatoms. The molecular weight excluding hydrogens is 436 g/mol. The number of carboxylic acids is 1. The smallest absolute Gasteiger partial charge is 0.407 e. The number of nitrogens with one attached hydrogen (secondary N) is 2. The van der Waals surface area contributed by atoms with Gasteiger partial charge in [-0.1, -0.05) is 55.5 Å². The molecule has 1 saturated heterocycles. The minimum Gasteiger partial charge on any atom is -0.479 e. The van der Waals surface area contributed by atoms with Crippen molar-refractivity contribution in [2.75, 3.05) is 19.8 Å². The van der Waals surface area contributed by atoms with Crippen LogP contribution in [0.3, 0.4) is 0 Å². The standard InChI is InChI=1S/C26H30N2O6/c1-16(14-23(29)28-22-11-13-33-24(22)25(30)31)10-12-27-26(32)34-15-21-19-8-4-2-6-17(19)18-7-3-5-9-20(18)21/h2-9,16,21-22,24H,10-15H2,1H3,(H,27,32)(H,28,29)(H,30,31)/t16?,22-,24+/m0/s1. The van der Waals surface area contributed by atoms with Gasteiger partial charge in [0, 0.05) is 25.5 Å². The van der Waals surface area contributed by atoms with Gasteiger partial charge in [-0.3, -0.25) is 4.79 Å². The van der Waals surface area contributed by atoms with Gasteiger partial charge in [-0.15, -0.1) is 0 Å². The molecule has 1 aliphatic heterocycles. The van der Waals surface area contributed by atoms with Crippen LogP contribution in [0.25, 0.3) is 11.1 Å². The zero-order valence-electron chi connectivity index (χ0n) is 19.2. The Balaban J connectivity index is 1.19. The van der Waals surface area contributed by atoms with Crippen molar-refractivity contribution in [2.24, 2.45) is 5.92 Å². The highest BCUT2D eigenvalue weighted by Crippen LogP contribution is 2.44. The monoisotopic (exact) mass is 466 g/mol. The van der Waals surface area contributed by atoms with E-state index in [9.17, 15) is 14.4 Å². The van der Waals surface area contributed by atoms with E-state index < -0.39 is 24.2 Å². The first-order chi connectivity index (χ1) is 16.4. The molecule has 0 radical (unpaired) electrons. The number of hydrogen-bond donors (Lipinski definition) is 3. The minimum absolute atomic E-state index is 0.00923. The molecule has 2 aromatic carbocycles. The van der Waals surface area contributed by atoms with Crippen molar-refractivity contribution < 1.29 is 29.0 Å². The molecule has 3 N–H and O–H groups in total. The molecule has 180 valence electrons. The van der Waals surface area contributed by atoms with Crippen molar-refractivity contribution in [3.8, 4) is 11.1 Å². The number of ether oxygens (including phenoxy) is 2. The number of aliphatic carboxylic acids is 1. The SMILES string of the molecule is CC(CCNC(=O)OCC1c2ccccc2-c2ccccc21)CC(=O)N[C@H]1CCO[C@H]1C(=O)O. The molecule has 4 rings (SSSR count). The van der Waals surface area contributed by atoms with Gasteiger partial charge in [-0.05, 0) is 41.0 Å². The molecule has 0 saturated carbocycles. The quantitative estimate of drug-likeness (QED) is 0.523. The largest absolute Gasteiger partial charge is 0.479 e. The summed E-state index contributed by atoms with van der Waals surface area (Å²) in [6, 6.07) is 15.8. The van der Waals surface area contributed by atoms with Crippen LogP contribution in [-0.2, 0) is 19.1 Å². The summed E-state index contributed by atoms with van der Waals surface area (Å²) in [5, 5.41) is 14.6. The number of carbonyl (C=O) groups excluding carboxylic acids is 2. The Labute approximate surface area is 198 Å². The number of carbonyl (C=O) groups is 3. The van der Waals surface area contributed by atoms with Crippen molar-refractivity contribution in [1.82, 2.24) is 10.6 Å². The minimum atomic E-state index is -1.07. The number of amides is 2. The lowest BCUT2D eigenvalue weighted by atomic mass is 9.98. The molecule has 0 aromatic heterocycles.